The number of rotatable bonds is 8. The maximum Gasteiger partial charge on any atom is 0.323 e. The molecule has 7 N–H and O–H groups in total. The summed E-state index contributed by atoms with van der Waals surface area (Å²) in [5.41, 5.74) is 19.7. The highest BCUT2D eigenvalue weighted by molar-refractivity contribution is 6.17. The number of halogens is 1. The van der Waals surface area contributed by atoms with Gasteiger partial charge in [0.25, 0.3) is 5.91 Å². The summed E-state index contributed by atoms with van der Waals surface area (Å²) in [7, 11) is 0. The van der Waals surface area contributed by atoms with E-state index in [4.69, 9.17) is 16.5 Å². The number of H-pyrrole nitrogens is 3. The van der Waals surface area contributed by atoms with Crippen molar-refractivity contribution in [2.24, 2.45) is 23.3 Å². The van der Waals surface area contributed by atoms with E-state index in [0.29, 0.717) is 47.9 Å². The van der Waals surface area contributed by atoms with Crippen molar-refractivity contribution in [3.05, 3.63) is 82.0 Å². The number of hydrogen-bond donors (Lipinski definition) is 5. The van der Waals surface area contributed by atoms with Gasteiger partial charge < -0.3 is 26.4 Å². The lowest BCUT2D eigenvalue weighted by Gasteiger charge is -2.32. The van der Waals surface area contributed by atoms with Crippen LogP contribution in [0.4, 0.5) is 5.69 Å². The van der Waals surface area contributed by atoms with Crippen LogP contribution in [0.1, 0.15) is 62.4 Å². The van der Waals surface area contributed by atoms with Crippen LogP contribution in [-0.2, 0) is 16.0 Å². The number of carbonyl (C=O) groups excluding carboxylic acids is 2. The standard InChI is InChI=1S/C35H41N7O3.ClH/c1-19(2)32-38-29-14-20(3)26(17-31(29)39-32)23-8-4-21(5-9-23)15-27(37)34(44)42(33(43)24-10-6-22(18-36)7-11-24)25-12-13-28-30(16-25)41-35(45)40-28;/h4-5,8-9,12-14,16-17,19,22,24,27H,6-7,10-11,15,18,36-37H2,1-3H3,(H,38,39)(H2,40,41,45);1H/t22?,24?,27-;/m1./s1. The van der Waals surface area contributed by atoms with Crippen LogP contribution in [0.3, 0.4) is 0 Å². The molecule has 0 saturated heterocycles. The molecule has 11 heteroatoms. The molecule has 46 heavy (non-hydrogen) atoms. The fraction of sp³-hybridized carbons (Fsp3) is 0.371. The molecule has 242 valence electrons. The molecule has 1 aliphatic rings. The van der Waals surface area contributed by atoms with Crippen LogP contribution in [0.25, 0.3) is 33.2 Å². The molecule has 6 rings (SSSR count). The Morgan fingerprint density at radius 3 is 2.30 bits per heavy atom. The first-order valence-electron chi connectivity index (χ1n) is 15.8. The lowest BCUT2D eigenvalue weighted by molar-refractivity contribution is -0.130. The Morgan fingerprint density at radius 2 is 1.63 bits per heavy atom. The van der Waals surface area contributed by atoms with Crippen molar-refractivity contribution in [3.63, 3.8) is 0 Å². The summed E-state index contributed by atoms with van der Waals surface area (Å²) in [6.07, 6.45) is 3.31. The second-order valence-electron chi connectivity index (χ2n) is 12.7. The number of nitrogens with two attached hydrogens (primary N) is 2. The van der Waals surface area contributed by atoms with Gasteiger partial charge in [0.2, 0.25) is 5.91 Å². The van der Waals surface area contributed by atoms with Crippen molar-refractivity contribution in [1.29, 1.82) is 0 Å². The maximum absolute atomic E-state index is 14.0. The van der Waals surface area contributed by atoms with Gasteiger partial charge in [0.05, 0.1) is 33.8 Å². The number of benzene rings is 3. The number of aryl methyl sites for hydroxylation is 1. The van der Waals surface area contributed by atoms with Crippen LogP contribution in [0, 0.1) is 18.8 Å². The monoisotopic (exact) mass is 643 g/mol. The van der Waals surface area contributed by atoms with E-state index < -0.39 is 11.9 Å². The average molecular weight is 644 g/mol. The molecular weight excluding hydrogens is 602 g/mol. The van der Waals surface area contributed by atoms with Gasteiger partial charge in [-0.2, -0.15) is 0 Å². The number of hydrogen-bond acceptors (Lipinski definition) is 6. The van der Waals surface area contributed by atoms with Crippen molar-refractivity contribution in [2.75, 3.05) is 11.4 Å². The number of aromatic nitrogens is 4. The highest BCUT2D eigenvalue weighted by Gasteiger charge is 2.35. The first-order valence-corrected chi connectivity index (χ1v) is 15.8. The second kappa shape index (κ2) is 13.6. The van der Waals surface area contributed by atoms with E-state index in [1.807, 2.05) is 24.3 Å². The van der Waals surface area contributed by atoms with Gasteiger partial charge >= 0.3 is 5.69 Å². The van der Waals surface area contributed by atoms with Gasteiger partial charge in [-0.15, -0.1) is 12.4 Å². The normalized spacial score (nSPS) is 17.3. The maximum atomic E-state index is 14.0. The molecule has 0 aliphatic heterocycles. The fourth-order valence-corrected chi connectivity index (χ4v) is 6.45. The summed E-state index contributed by atoms with van der Waals surface area (Å²) in [5.74, 6) is 0.646. The summed E-state index contributed by atoms with van der Waals surface area (Å²) >= 11 is 0. The Kier molecular flexibility index (Phi) is 9.81. The van der Waals surface area contributed by atoms with Crippen molar-refractivity contribution >= 4 is 52.0 Å². The molecular formula is C35H42ClN7O3. The highest BCUT2D eigenvalue weighted by atomic mass is 35.5. The Labute approximate surface area is 273 Å². The van der Waals surface area contributed by atoms with E-state index in [9.17, 15) is 14.4 Å². The minimum absolute atomic E-state index is 0. The SMILES string of the molecule is Cc1cc2[nH]c(C(C)C)nc2cc1-c1ccc(C[C@@H](N)C(=O)N(C(=O)C2CCC(CN)CC2)c2ccc3[nH]c(=O)[nH]c3c2)cc1.Cl. The lowest BCUT2D eigenvalue weighted by Crippen LogP contribution is -2.50. The second-order valence-corrected chi connectivity index (χ2v) is 12.7. The third-order valence-corrected chi connectivity index (χ3v) is 9.16. The lowest BCUT2D eigenvalue weighted by atomic mass is 9.81. The van der Waals surface area contributed by atoms with E-state index in [-0.39, 0.29) is 36.3 Å². The molecule has 1 fully saturated rings. The van der Waals surface area contributed by atoms with E-state index >= 15 is 0 Å². The molecule has 0 spiro atoms. The first-order chi connectivity index (χ1) is 21.6. The molecule has 3 aromatic carbocycles. The van der Waals surface area contributed by atoms with Crippen molar-refractivity contribution in [1.82, 2.24) is 19.9 Å². The Morgan fingerprint density at radius 1 is 0.935 bits per heavy atom. The molecule has 1 aliphatic carbocycles. The number of carbonyl (C=O) groups is 2. The summed E-state index contributed by atoms with van der Waals surface area (Å²) in [5, 5.41) is 0. The van der Waals surface area contributed by atoms with Crippen molar-refractivity contribution in [2.45, 2.75) is 64.8 Å². The quantitative estimate of drug-likeness (QED) is 0.151. The topological polar surface area (TPSA) is 167 Å². The number of imidazole rings is 2. The van der Waals surface area contributed by atoms with Crippen molar-refractivity contribution in [3.8, 4) is 11.1 Å². The van der Waals surface area contributed by atoms with E-state index in [1.54, 1.807) is 18.2 Å². The Balaban J connectivity index is 0.00000417. The number of nitrogens with zero attached hydrogens (tertiary/aromatic N) is 2. The number of aromatic amines is 3. The Bertz CT molecular complexity index is 1920. The van der Waals surface area contributed by atoms with Gasteiger partial charge in [0.1, 0.15) is 5.82 Å². The molecule has 1 saturated carbocycles. The summed E-state index contributed by atoms with van der Waals surface area (Å²) in [4.78, 5) is 54.6. The van der Waals surface area contributed by atoms with Crippen LogP contribution < -0.4 is 22.1 Å². The average Bonchev–Trinajstić information content (AvgIpc) is 3.63. The van der Waals surface area contributed by atoms with Gasteiger partial charge in [-0.1, -0.05) is 38.1 Å². The van der Waals surface area contributed by atoms with Crippen LogP contribution in [-0.4, -0.2) is 44.3 Å². The van der Waals surface area contributed by atoms with Gasteiger partial charge in [0.15, 0.2) is 0 Å². The highest BCUT2D eigenvalue weighted by Crippen LogP contribution is 2.32. The predicted molar refractivity (Wildman–Crippen MR) is 185 cm³/mol. The van der Waals surface area contributed by atoms with E-state index in [2.05, 4.69) is 47.9 Å². The van der Waals surface area contributed by atoms with E-state index in [0.717, 1.165) is 52.0 Å². The molecule has 0 bridgehead atoms. The first kappa shape index (κ1) is 33.1. The number of fused-ring (bicyclic) bond motifs is 2. The van der Waals surface area contributed by atoms with Gasteiger partial charge in [-0.3, -0.25) is 9.59 Å². The van der Waals surface area contributed by atoms with E-state index in [1.165, 1.54) is 4.90 Å². The van der Waals surface area contributed by atoms with Crippen molar-refractivity contribution < 1.29 is 9.59 Å². The van der Waals surface area contributed by atoms with Crippen LogP contribution >= 0.6 is 12.4 Å². The minimum Gasteiger partial charge on any atom is -0.342 e. The summed E-state index contributed by atoms with van der Waals surface area (Å²) in [6.45, 7) is 6.91. The summed E-state index contributed by atoms with van der Waals surface area (Å²) < 4.78 is 0. The number of imide groups is 1. The zero-order valence-corrected chi connectivity index (χ0v) is 27.2. The molecule has 2 aromatic heterocycles. The van der Waals surface area contributed by atoms with Gasteiger partial charge in [-0.05, 0) is 104 Å². The van der Waals surface area contributed by atoms with Gasteiger partial charge in [0, 0.05) is 11.8 Å². The third-order valence-electron chi connectivity index (χ3n) is 9.16. The third kappa shape index (κ3) is 6.65. The molecule has 0 unspecified atom stereocenters. The Hall–Kier alpha value is -4.25. The molecule has 2 heterocycles. The molecule has 2 amide bonds. The largest absolute Gasteiger partial charge is 0.342 e. The molecule has 0 radical (unpaired) electrons. The fourth-order valence-electron chi connectivity index (χ4n) is 6.45. The molecule has 1 atom stereocenters. The minimum atomic E-state index is -0.947. The number of amides is 2. The van der Waals surface area contributed by atoms with Crippen LogP contribution in [0.2, 0.25) is 0 Å². The zero-order chi connectivity index (χ0) is 31.8. The van der Waals surface area contributed by atoms with Crippen LogP contribution in [0.15, 0.2) is 59.4 Å². The number of anilines is 1. The smallest absolute Gasteiger partial charge is 0.323 e. The summed E-state index contributed by atoms with van der Waals surface area (Å²) in [6, 6.07) is 16.3. The van der Waals surface area contributed by atoms with Crippen LogP contribution in [0.5, 0.6) is 0 Å². The molecule has 5 aromatic rings. The van der Waals surface area contributed by atoms with Gasteiger partial charge in [-0.25, -0.2) is 14.7 Å². The predicted octanol–water partition coefficient (Wildman–Crippen LogP) is 5.45. The molecule has 10 nitrogen and oxygen atoms in total. The number of nitrogens with one attached hydrogen (secondary N) is 3. The zero-order valence-electron chi connectivity index (χ0n) is 26.4.